The van der Waals surface area contributed by atoms with Crippen LogP contribution in [0.15, 0.2) is 23.1 Å². The molecule has 1 aliphatic heterocycles. The monoisotopic (exact) mass is 330 g/mol. The van der Waals surface area contributed by atoms with Gasteiger partial charge >= 0.3 is 0 Å². The molecule has 1 heterocycles. The van der Waals surface area contributed by atoms with Gasteiger partial charge in [0.15, 0.2) is 0 Å². The lowest BCUT2D eigenvalue weighted by Crippen LogP contribution is -2.30. The van der Waals surface area contributed by atoms with Crippen LogP contribution in [0.4, 0.5) is 0 Å². The first-order valence-electron chi connectivity index (χ1n) is 6.99. The average molecular weight is 330 g/mol. The molecule has 21 heavy (non-hydrogen) atoms. The summed E-state index contributed by atoms with van der Waals surface area (Å²) in [6, 6.07) is 4.95. The van der Waals surface area contributed by atoms with Crippen molar-refractivity contribution in [2.75, 3.05) is 26.5 Å². The summed E-state index contributed by atoms with van der Waals surface area (Å²) in [6.45, 7) is 1.06. The van der Waals surface area contributed by atoms with E-state index in [9.17, 15) is 8.42 Å². The first-order chi connectivity index (χ1) is 10.1. The van der Waals surface area contributed by atoms with E-state index in [1.54, 1.807) is 25.3 Å². The van der Waals surface area contributed by atoms with Gasteiger partial charge in [-0.2, -0.15) is 11.8 Å². The molecule has 1 atom stereocenters. The Morgan fingerprint density at radius 1 is 1.43 bits per heavy atom. The van der Waals surface area contributed by atoms with Crippen molar-refractivity contribution in [3.63, 3.8) is 0 Å². The second-order valence-corrected chi connectivity index (χ2v) is 8.17. The number of methoxy groups -OCH3 is 1. The highest BCUT2D eigenvalue weighted by Crippen LogP contribution is 2.26. The van der Waals surface area contributed by atoms with Gasteiger partial charge in [-0.3, -0.25) is 0 Å². The summed E-state index contributed by atoms with van der Waals surface area (Å²) in [5, 5.41) is 3.41. The van der Waals surface area contributed by atoms with E-state index in [2.05, 4.69) is 10.0 Å². The number of benzene rings is 1. The van der Waals surface area contributed by atoms with Crippen molar-refractivity contribution in [3.8, 4) is 5.75 Å². The standard InChI is InChI=1S/C14H22N2O3S2/c1-15-9-11-8-13(5-6-14(11)19-2)21(17,18)16-10-12-4-3-7-20-12/h5-6,8,12,15-16H,3-4,7,9-10H2,1-2H3. The van der Waals surface area contributed by atoms with Gasteiger partial charge in [0.05, 0.1) is 12.0 Å². The third kappa shape index (κ3) is 4.35. The van der Waals surface area contributed by atoms with Crippen molar-refractivity contribution < 1.29 is 13.2 Å². The van der Waals surface area contributed by atoms with E-state index in [1.807, 2.05) is 18.8 Å². The molecule has 0 aromatic heterocycles. The van der Waals surface area contributed by atoms with Gasteiger partial charge in [-0.1, -0.05) is 0 Å². The summed E-state index contributed by atoms with van der Waals surface area (Å²) in [4.78, 5) is 0.288. The first-order valence-corrected chi connectivity index (χ1v) is 9.53. The van der Waals surface area contributed by atoms with E-state index < -0.39 is 10.0 Å². The van der Waals surface area contributed by atoms with Crippen LogP contribution in [0, 0.1) is 0 Å². The number of hydrogen-bond donors (Lipinski definition) is 2. The highest BCUT2D eigenvalue weighted by molar-refractivity contribution is 8.00. The molecule has 1 aromatic rings. The van der Waals surface area contributed by atoms with Gasteiger partial charge in [-0.15, -0.1) is 0 Å². The van der Waals surface area contributed by atoms with Gasteiger partial charge in [0.2, 0.25) is 10.0 Å². The fourth-order valence-corrected chi connectivity index (χ4v) is 4.78. The minimum absolute atomic E-state index is 0.288. The Labute approximate surface area is 130 Å². The lowest BCUT2D eigenvalue weighted by atomic mass is 10.2. The Morgan fingerprint density at radius 3 is 2.86 bits per heavy atom. The lowest BCUT2D eigenvalue weighted by Gasteiger charge is -2.13. The number of thioether (sulfide) groups is 1. The van der Waals surface area contributed by atoms with Gasteiger partial charge < -0.3 is 10.1 Å². The second-order valence-electron chi connectivity index (χ2n) is 4.99. The van der Waals surface area contributed by atoms with Crippen LogP contribution in [-0.4, -0.2) is 40.1 Å². The molecule has 2 N–H and O–H groups in total. The zero-order valence-electron chi connectivity index (χ0n) is 12.4. The largest absolute Gasteiger partial charge is 0.496 e. The van der Waals surface area contributed by atoms with Crippen molar-refractivity contribution in [2.24, 2.45) is 0 Å². The molecule has 2 rings (SSSR count). The van der Waals surface area contributed by atoms with Gasteiger partial charge in [0, 0.05) is 23.9 Å². The molecule has 1 fully saturated rings. The highest BCUT2D eigenvalue weighted by atomic mass is 32.2. The van der Waals surface area contributed by atoms with Crippen LogP contribution in [0.1, 0.15) is 18.4 Å². The van der Waals surface area contributed by atoms with Crippen LogP contribution in [0.5, 0.6) is 5.75 Å². The molecule has 1 aromatic carbocycles. The molecule has 0 aliphatic carbocycles. The number of ether oxygens (including phenoxy) is 1. The van der Waals surface area contributed by atoms with E-state index in [4.69, 9.17) is 4.74 Å². The first kappa shape index (κ1) is 16.6. The molecule has 0 bridgehead atoms. The molecule has 1 unspecified atom stereocenters. The number of sulfonamides is 1. The molecule has 1 saturated heterocycles. The van der Waals surface area contributed by atoms with E-state index in [1.165, 1.54) is 6.42 Å². The Hall–Kier alpha value is -0.760. The minimum atomic E-state index is -3.46. The molecule has 0 spiro atoms. The third-order valence-corrected chi connectivity index (χ3v) is 6.27. The molecule has 1 aliphatic rings. The van der Waals surface area contributed by atoms with Crippen molar-refractivity contribution in [3.05, 3.63) is 23.8 Å². The van der Waals surface area contributed by atoms with Crippen LogP contribution in [-0.2, 0) is 16.6 Å². The predicted octanol–water partition coefficient (Wildman–Crippen LogP) is 1.59. The van der Waals surface area contributed by atoms with Crippen LogP contribution in [0.2, 0.25) is 0 Å². The molecule has 0 radical (unpaired) electrons. The summed E-state index contributed by atoms with van der Waals surface area (Å²) in [5.74, 6) is 1.82. The molecule has 0 amide bonds. The van der Waals surface area contributed by atoms with Crippen LogP contribution >= 0.6 is 11.8 Å². The summed E-state index contributed by atoms with van der Waals surface area (Å²) >= 11 is 1.84. The zero-order chi connectivity index (χ0) is 15.3. The van der Waals surface area contributed by atoms with E-state index in [0.717, 1.165) is 17.7 Å². The SMILES string of the molecule is CNCc1cc(S(=O)(=O)NCC2CCCS2)ccc1OC. The minimum Gasteiger partial charge on any atom is -0.496 e. The maximum absolute atomic E-state index is 12.4. The van der Waals surface area contributed by atoms with Crippen molar-refractivity contribution >= 4 is 21.8 Å². The topological polar surface area (TPSA) is 67.4 Å². The summed E-state index contributed by atoms with van der Waals surface area (Å²) < 4.78 is 32.7. The fourth-order valence-electron chi connectivity index (χ4n) is 2.34. The van der Waals surface area contributed by atoms with Crippen LogP contribution in [0.25, 0.3) is 0 Å². The Morgan fingerprint density at radius 2 is 2.24 bits per heavy atom. The maximum Gasteiger partial charge on any atom is 0.240 e. The van der Waals surface area contributed by atoms with Crippen molar-refractivity contribution in [1.82, 2.24) is 10.0 Å². The Bertz CT molecular complexity index is 570. The van der Waals surface area contributed by atoms with Crippen LogP contribution < -0.4 is 14.8 Å². The van der Waals surface area contributed by atoms with Gasteiger partial charge in [-0.05, 0) is 43.8 Å². The smallest absolute Gasteiger partial charge is 0.240 e. The summed E-state index contributed by atoms with van der Waals surface area (Å²) in [6.07, 6.45) is 2.26. The third-order valence-electron chi connectivity index (χ3n) is 3.45. The Kier molecular flexibility index (Phi) is 5.92. The molecular formula is C14H22N2O3S2. The molecule has 5 nitrogen and oxygen atoms in total. The van der Waals surface area contributed by atoms with Gasteiger partial charge in [-0.25, -0.2) is 13.1 Å². The fraction of sp³-hybridized carbons (Fsp3) is 0.571. The van der Waals surface area contributed by atoms with E-state index in [0.29, 0.717) is 24.1 Å². The summed E-state index contributed by atoms with van der Waals surface area (Å²) in [7, 11) is -0.0630. The molecular weight excluding hydrogens is 308 g/mol. The van der Waals surface area contributed by atoms with Crippen molar-refractivity contribution in [2.45, 2.75) is 29.5 Å². The highest BCUT2D eigenvalue weighted by Gasteiger charge is 2.21. The maximum atomic E-state index is 12.4. The van der Waals surface area contributed by atoms with E-state index in [-0.39, 0.29) is 4.90 Å². The van der Waals surface area contributed by atoms with Gasteiger partial charge in [0.1, 0.15) is 5.75 Å². The lowest BCUT2D eigenvalue weighted by molar-refractivity contribution is 0.408. The normalized spacial score (nSPS) is 18.9. The summed E-state index contributed by atoms with van der Waals surface area (Å²) in [5.41, 5.74) is 0.832. The number of rotatable bonds is 7. The van der Waals surface area contributed by atoms with E-state index >= 15 is 0 Å². The molecule has 118 valence electrons. The molecule has 7 heteroatoms. The second kappa shape index (κ2) is 7.49. The number of hydrogen-bond acceptors (Lipinski definition) is 5. The van der Waals surface area contributed by atoms with Crippen molar-refractivity contribution in [1.29, 1.82) is 0 Å². The quantitative estimate of drug-likeness (QED) is 0.795. The predicted molar refractivity (Wildman–Crippen MR) is 86.4 cm³/mol. The van der Waals surface area contributed by atoms with Crippen LogP contribution in [0.3, 0.4) is 0 Å². The average Bonchev–Trinajstić information content (AvgIpc) is 2.99. The number of nitrogens with one attached hydrogen (secondary N) is 2. The Balaban J connectivity index is 2.12. The zero-order valence-corrected chi connectivity index (χ0v) is 14.0. The molecule has 0 saturated carbocycles. The van der Waals surface area contributed by atoms with Gasteiger partial charge in [0.25, 0.3) is 0 Å².